The van der Waals surface area contributed by atoms with Crippen LogP contribution in [0.1, 0.15) is 21.9 Å². The lowest BCUT2D eigenvalue weighted by Gasteiger charge is -2.22. The van der Waals surface area contributed by atoms with E-state index in [2.05, 4.69) is 0 Å². The molecule has 24 heavy (non-hydrogen) atoms. The Labute approximate surface area is 145 Å². The molecule has 0 fully saturated rings. The van der Waals surface area contributed by atoms with Gasteiger partial charge in [0.05, 0.1) is 12.1 Å². The van der Waals surface area contributed by atoms with E-state index in [-0.39, 0.29) is 5.91 Å². The molecule has 3 aromatic rings. The number of nitrogens with zero attached hydrogens (tertiary/aromatic N) is 1. The molecule has 0 aliphatic rings. The fraction of sp³-hybridized carbons (Fsp3) is 0.105. The lowest BCUT2D eigenvalue weighted by molar-refractivity contribution is 0.0984. The van der Waals surface area contributed by atoms with Gasteiger partial charge in [0.1, 0.15) is 11.5 Å². The number of rotatable bonds is 4. The fourth-order valence-corrected chi connectivity index (χ4v) is 2.59. The zero-order chi connectivity index (χ0) is 17.1. The summed E-state index contributed by atoms with van der Waals surface area (Å²) in [5.41, 5.74) is 7.59. The number of nitrogen functional groups attached to an aromatic ring is 1. The summed E-state index contributed by atoms with van der Waals surface area (Å²) in [4.78, 5) is 14.7. The van der Waals surface area contributed by atoms with Crippen LogP contribution in [0, 0.1) is 6.92 Å². The van der Waals surface area contributed by atoms with E-state index in [9.17, 15) is 4.79 Å². The number of carbonyl (C=O) groups excluding carboxylic acids is 1. The fourth-order valence-electron chi connectivity index (χ4n) is 2.46. The summed E-state index contributed by atoms with van der Waals surface area (Å²) in [6.45, 7) is 2.18. The molecule has 0 unspecified atom stereocenters. The van der Waals surface area contributed by atoms with Crippen molar-refractivity contribution in [1.82, 2.24) is 0 Å². The maximum Gasteiger partial charge on any atom is 0.260 e. The van der Waals surface area contributed by atoms with Gasteiger partial charge in [0, 0.05) is 16.4 Å². The predicted molar refractivity (Wildman–Crippen MR) is 96.3 cm³/mol. The van der Waals surface area contributed by atoms with Crippen LogP contribution in [-0.2, 0) is 6.54 Å². The van der Waals surface area contributed by atoms with Gasteiger partial charge in [0.2, 0.25) is 0 Å². The minimum Gasteiger partial charge on any atom is -0.464 e. The number of carbonyl (C=O) groups is 1. The van der Waals surface area contributed by atoms with Gasteiger partial charge in [-0.25, -0.2) is 0 Å². The quantitative estimate of drug-likeness (QED) is 0.702. The number of para-hydroxylation sites is 1. The Hall–Kier alpha value is -2.72. The van der Waals surface area contributed by atoms with Gasteiger partial charge in [-0.15, -0.1) is 0 Å². The van der Waals surface area contributed by atoms with Crippen molar-refractivity contribution >= 4 is 28.9 Å². The van der Waals surface area contributed by atoms with Crippen molar-refractivity contribution in [1.29, 1.82) is 0 Å². The van der Waals surface area contributed by atoms with Crippen molar-refractivity contribution in [2.24, 2.45) is 0 Å². The summed E-state index contributed by atoms with van der Waals surface area (Å²) in [6, 6.07) is 17.9. The Kier molecular flexibility index (Phi) is 4.58. The van der Waals surface area contributed by atoms with E-state index in [1.807, 2.05) is 19.1 Å². The van der Waals surface area contributed by atoms with Gasteiger partial charge in [-0.2, -0.15) is 0 Å². The van der Waals surface area contributed by atoms with Crippen molar-refractivity contribution in [3.8, 4) is 0 Å². The lowest BCUT2D eigenvalue weighted by Crippen LogP contribution is -2.30. The minimum absolute atomic E-state index is 0.190. The molecule has 2 aromatic carbocycles. The molecule has 0 aliphatic carbocycles. The SMILES string of the molecule is Cc1ccc(CN(C(=O)c2ccccc2N)c2ccc(Cl)cc2)o1. The summed E-state index contributed by atoms with van der Waals surface area (Å²) in [5, 5.41) is 0.610. The average molecular weight is 341 g/mol. The van der Waals surface area contributed by atoms with E-state index in [4.69, 9.17) is 21.8 Å². The molecule has 0 saturated heterocycles. The highest BCUT2D eigenvalue weighted by Gasteiger charge is 2.21. The first kappa shape index (κ1) is 16.1. The van der Waals surface area contributed by atoms with E-state index < -0.39 is 0 Å². The first-order valence-electron chi connectivity index (χ1n) is 7.52. The number of furan rings is 1. The molecule has 2 N–H and O–H groups in total. The van der Waals surface area contributed by atoms with Gasteiger partial charge < -0.3 is 15.1 Å². The molecule has 0 bridgehead atoms. The van der Waals surface area contributed by atoms with Gasteiger partial charge in [0.25, 0.3) is 5.91 Å². The summed E-state index contributed by atoms with van der Waals surface area (Å²) in [6.07, 6.45) is 0. The van der Waals surface area contributed by atoms with Crippen LogP contribution < -0.4 is 10.6 Å². The molecule has 0 spiro atoms. The van der Waals surface area contributed by atoms with Gasteiger partial charge in [-0.05, 0) is 55.5 Å². The standard InChI is InChI=1S/C19H17ClN2O2/c1-13-6-11-16(24-13)12-22(15-9-7-14(20)8-10-15)19(23)17-4-2-3-5-18(17)21/h2-11H,12,21H2,1H3. The summed E-state index contributed by atoms with van der Waals surface area (Å²) in [7, 11) is 0. The van der Waals surface area contributed by atoms with Crippen LogP contribution in [0.25, 0.3) is 0 Å². The van der Waals surface area contributed by atoms with Gasteiger partial charge in [-0.3, -0.25) is 4.79 Å². The molecule has 3 rings (SSSR count). The number of hydrogen-bond acceptors (Lipinski definition) is 3. The zero-order valence-electron chi connectivity index (χ0n) is 13.2. The molecule has 4 nitrogen and oxygen atoms in total. The molecular formula is C19H17ClN2O2. The van der Waals surface area contributed by atoms with Gasteiger partial charge in [0.15, 0.2) is 0 Å². The second-order valence-corrected chi connectivity index (χ2v) is 5.90. The van der Waals surface area contributed by atoms with E-state index in [1.165, 1.54) is 0 Å². The van der Waals surface area contributed by atoms with Gasteiger partial charge in [-0.1, -0.05) is 23.7 Å². The molecule has 5 heteroatoms. The molecule has 0 aliphatic heterocycles. The zero-order valence-corrected chi connectivity index (χ0v) is 14.0. The highest BCUT2D eigenvalue weighted by atomic mass is 35.5. The Bertz CT molecular complexity index is 856. The van der Waals surface area contributed by atoms with Crippen molar-refractivity contribution < 1.29 is 9.21 Å². The normalized spacial score (nSPS) is 10.6. The highest BCUT2D eigenvalue weighted by Crippen LogP contribution is 2.24. The number of halogens is 1. The third-order valence-corrected chi connectivity index (χ3v) is 3.94. The van der Waals surface area contributed by atoms with Crippen molar-refractivity contribution in [2.45, 2.75) is 13.5 Å². The van der Waals surface area contributed by atoms with Crippen molar-refractivity contribution in [3.05, 3.63) is 82.8 Å². The van der Waals surface area contributed by atoms with Crippen LogP contribution in [0.3, 0.4) is 0 Å². The first-order chi connectivity index (χ1) is 11.5. The maximum atomic E-state index is 13.0. The Morgan fingerprint density at radius 1 is 1.08 bits per heavy atom. The highest BCUT2D eigenvalue weighted by molar-refractivity contribution is 6.30. The second kappa shape index (κ2) is 6.81. The first-order valence-corrected chi connectivity index (χ1v) is 7.89. The Morgan fingerprint density at radius 2 is 1.79 bits per heavy atom. The third kappa shape index (κ3) is 3.44. The van der Waals surface area contributed by atoms with Crippen LogP contribution in [0.5, 0.6) is 0 Å². The second-order valence-electron chi connectivity index (χ2n) is 5.47. The van der Waals surface area contributed by atoms with E-state index in [0.29, 0.717) is 28.6 Å². The maximum absolute atomic E-state index is 13.0. The van der Waals surface area contributed by atoms with E-state index >= 15 is 0 Å². The van der Waals surface area contributed by atoms with Crippen LogP contribution in [0.15, 0.2) is 65.1 Å². The smallest absolute Gasteiger partial charge is 0.260 e. The number of aryl methyl sites for hydroxylation is 1. The van der Waals surface area contributed by atoms with E-state index in [0.717, 1.165) is 11.4 Å². The lowest BCUT2D eigenvalue weighted by atomic mass is 10.1. The number of nitrogens with two attached hydrogens (primary N) is 1. The molecule has 1 heterocycles. The molecule has 1 amide bonds. The predicted octanol–water partition coefficient (Wildman–Crippen LogP) is 4.67. The number of anilines is 2. The monoisotopic (exact) mass is 340 g/mol. The minimum atomic E-state index is -0.190. The average Bonchev–Trinajstić information content (AvgIpc) is 2.99. The van der Waals surface area contributed by atoms with Gasteiger partial charge >= 0.3 is 0 Å². The van der Waals surface area contributed by atoms with E-state index in [1.54, 1.807) is 53.4 Å². The Balaban J connectivity index is 1.99. The van der Waals surface area contributed by atoms with Crippen LogP contribution in [0.4, 0.5) is 11.4 Å². The van der Waals surface area contributed by atoms with Crippen LogP contribution in [-0.4, -0.2) is 5.91 Å². The summed E-state index contributed by atoms with van der Waals surface area (Å²) >= 11 is 5.96. The molecule has 0 atom stereocenters. The largest absolute Gasteiger partial charge is 0.464 e. The molecule has 0 radical (unpaired) electrons. The van der Waals surface area contributed by atoms with Crippen LogP contribution in [0.2, 0.25) is 5.02 Å². The molecule has 1 aromatic heterocycles. The summed E-state index contributed by atoms with van der Waals surface area (Å²) < 4.78 is 5.62. The summed E-state index contributed by atoms with van der Waals surface area (Å²) in [5.74, 6) is 1.31. The molecule has 0 saturated carbocycles. The number of amides is 1. The van der Waals surface area contributed by atoms with Crippen LogP contribution >= 0.6 is 11.6 Å². The molecular weight excluding hydrogens is 324 g/mol. The Morgan fingerprint density at radius 3 is 2.42 bits per heavy atom. The van der Waals surface area contributed by atoms with Crippen molar-refractivity contribution in [2.75, 3.05) is 10.6 Å². The topological polar surface area (TPSA) is 59.5 Å². The third-order valence-electron chi connectivity index (χ3n) is 3.68. The number of benzene rings is 2. The molecule has 122 valence electrons. The number of hydrogen-bond donors (Lipinski definition) is 1. The van der Waals surface area contributed by atoms with Crippen molar-refractivity contribution in [3.63, 3.8) is 0 Å².